The smallest absolute Gasteiger partial charge is 0.241 e. The van der Waals surface area contributed by atoms with Gasteiger partial charge in [-0.15, -0.1) is 0 Å². The maximum atomic E-state index is 12.7. The minimum Gasteiger partial charge on any atom is -0.497 e. The van der Waals surface area contributed by atoms with Crippen LogP contribution < -0.4 is 20.9 Å². The highest BCUT2D eigenvalue weighted by Gasteiger charge is 2.24. The lowest BCUT2D eigenvalue weighted by molar-refractivity contribution is -0.113. The number of aliphatic imine (C=N–C) groups is 1. The monoisotopic (exact) mass is 440 g/mol. The number of carbonyl (C=O) groups excluding carboxylic acids is 1. The third-order valence-corrected chi connectivity index (χ3v) is 5.58. The molecule has 5 N–H and O–H groups in total. The lowest BCUT2D eigenvalue weighted by atomic mass is 10.1. The van der Waals surface area contributed by atoms with Crippen LogP contribution in [0.25, 0.3) is 10.8 Å². The first-order chi connectivity index (χ1) is 13.7. The van der Waals surface area contributed by atoms with E-state index < -0.39 is 21.3 Å². The zero-order chi connectivity index (χ0) is 22.0. The van der Waals surface area contributed by atoms with Crippen molar-refractivity contribution >= 4 is 43.6 Å². The van der Waals surface area contributed by atoms with Crippen LogP contribution in [-0.2, 0) is 14.8 Å². The lowest BCUT2D eigenvalue weighted by Crippen LogP contribution is -2.39. The van der Waals surface area contributed by atoms with Crippen LogP contribution in [0.2, 0.25) is 0 Å². The van der Waals surface area contributed by atoms with E-state index in [1.165, 1.54) is 19.2 Å². The number of benzene rings is 2. The van der Waals surface area contributed by atoms with Crippen molar-refractivity contribution in [3.8, 4) is 5.75 Å². The second kappa shape index (κ2) is 11.2. The van der Waals surface area contributed by atoms with Gasteiger partial charge in [0.2, 0.25) is 15.3 Å². The largest absolute Gasteiger partial charge is 0.497 e. The average molecular weight is 441 g/mol. The second-order valence-corrected chi connectivity index (χ2v) is 7.89. The molecule has 12 heteroatoms. The highest BCUT2D eigenvalue weighted by atomic mass is 35.5. The van der Waals surface area contributed by atoms with Crippen molar-refractivity contribution in [3.05, 3.63) is 36.4 Å². The summed E-state index contributed by atoms with van der Waals surface area (Å²) >= 11 is 5.55. The fraction of sp³-hybridized carbons (Fsp3) is 0.294. The number of rotatable bonds is 9. The summed E-state index contributed by atoms with van der Waals surface area (Å²) in [7, 11) is -2.42. The van der Waals surface area contributed by atoms with Crippen molar-refractivity contribution in [1.82, 2.24) is 4.72 Å². The molecule has 29 heavy (non-hydrogen) atoms. The number of ether oxygens (including phenoxy) is 1. The Bertz CT molecular complexity index is 1010. The molecule has 0 saturated carbocycles. The van der Waals surface area contributed by atoms with Crippen LogP contribution in [0.5, 0.6) is 5.75 Å². The predicted octanol–water partition coefficient (Wildman–Crippen LogP) is 1.34. The van der Waals surface area contributed by atoms with E-state index in [2.05, 4.69) is 9.71 Å². The van der Waals surface area contributed by atoms with Gasteiger partial charge in [-0.3, -0.25) is 9.79 Å². The molecule has 2 aromatic carbocycles. The number of carbonyl (C=O) groups is 1. The molecular weight excluding hydrogens is 420 g/mol. The van der Waals surface area contributed by atoms with E-state index in [1.807, 2.05) is 6.07 Å². The average Bonchev–Trinajstić information content (AvgIpc) is 2.70. The molecule has 2 rings (SSSR count). The number of sulfonamides is 1. The molecule has 0 bridgehead atoms. The molecule has 0 fully saturated rings. The summed E-state index contributed by atoms with van der Waals surface area (Å²) in [5.74, 6) is 0.537. The molecule has 0 saturated heterocycles. The van der Waals surface area contributed by atoms with Gasteiger partial charge in [0.05, 0.1) is 18.0 Å². The molecule has 0 aliphatic heterocycles. The van der Waals surface area contributed by atoms with Crippen molar-refractivity contribution < 1.29 is 17.9 Å². The minimum absolute atomic E-state index is 0.0235. The van der Waals surface area contributed by atoms with Crippen molar-refractivity contribution in [2.75, 3.05) is 13.7 Å². The summed E-state index contributed by atoms with van der Waals surface area (Å²) in [5, 5.41) is 12.8. The first-order valence-corrected chi connectivity index (χ1v) is 10.1. The molecule has 0 aliphatic rings. The molecule has 0 heterocycles. The maximum absolute atomic E-state index is 12.7. The van der Waals surface area contributed by atoms with Gasteiger partial charge in [0, 0.05) is 17.3 Å². The number of nitrogens with zero attached hydrogens (tertiary/aromatic N) is 3. The number of fused-ring (bicyclic) bond motifs is 1. The topological polar surface area (TPSA) is 184 Å². The van der Waals surface area contributed by atoms with Crippen molar-refractivity contribution in [1.29, 1.82) is 10.8 Å². The summed E-state index contributed by atoms with van der Waals surface area (Å²) in [6.07, 6.45) is 0.554. The standard InChI is InChI=1S/C17H21ClN4O4S.N2/c1-26-13-6-4-11-5-7-14(10-12(11)9-13)27(24,25)22-15(16(18)23)3-2-8-21-17(19)20;1-2/h4-7,9-10,15,22H,2-3,8H2,1H3,(H4,19,20,21);/t15-;/m0./s1. The minimum atomic E-state index is -3.95. The van der Waals surface area contributed by atoms with Gasteiger partial charge in [-0.1, -0.05) is 12.1 Å². The molecule has 156 valence electrons. The number of halogens is 1. The Balaban J connectivity index is 0.00000204. The van der Waals surface area contributed by atoms with Gasteiger partial charge in [0.1, 0.15) is 5.75 Å². The lowest BCUT2D eigenvalue weighted by Gasteiger charge is -2.15. The molecule has 0 aliphatic carbocycles. The molecule has 2 aromatic rings. The van der Waals surface area contributed by atoms with E-state index in [0.29, 0.717) is 17.6 Å². The molecule has 0 radical (unpaired) electrons. The molecule has 10 nitrogen and oxygen atoms in total. The van der Waals surface area contributed by atoms with E-state index in [1.54, 1.807) is 18.2 Å². The highest BCUT2D eigenvalue weighted by molar-refractivity contribution is 7.89. The summed E-state index contributed by atoms with van der Waals surface area (Å²) in [4.78, 5) is 15.4. The predicted molar refractivity (Wildman–Crippen MR) is 109 cm³/mol. The first-order valence-electron chi connectivity index (χ1n) is 8.28. The van der Waals surface area contributed by atoms with Crippen LogP contribution in [0.15, 0.2) is 46.3 Å². The third kappa shape index (κ3) is 7.19. The van der Waals surface area contributed by atoms with E-state index in [0.717, 1.165) is 5.39 Å². The maximum Gasteiger partial charge on any atom is 0.241 e. The number of guanidine groups is 1. The normalized spacial score (nSPS) is 11.7. The number of hydrogen-bond acceptors (Lipinski definition) is 7. The molecule has 0 unspecified atom stereocenters. The van der Waals surface area contributed by atoms with E-state index in [9.17, 15) is 13.2 Å². The molecule has 0 amide bonds. The van der Waals surface area contributed by atoms with Crippen LogP contribution in [0.4, 0.5) is 0 Å². The Kier molecular flexibility index (Phi) is 9.27. The fourth-order valence-electron chi connectivity index (χ4n) is 2.47. The van der Waals surface area contributed by atoms with Crippen LogP contribution in [0.1, 0.15) is 12.8 Å². The summed E-state index contributed by atoms with van der Waals surface area (Å²) in [5.41, 5.74) is 10.5. The van der Waals surface area contributed by atoms with Gasteiger partial charge in [-0.05, 0) is 59.5 Å². The van der Waals surface area contributed by atoms with Gasteiger partial charge in [0.15, 0.2) is 5.96 Å². The third-order valence-electron chi connectivity index (χ3n) is 3.85. The quantitative estimate of drug-likeness (QED) is 0.171. The molecule has 0 spiro atoms. The SMILES string of the molecule is COc1ccc2ccc(S(=O)(=O)N[C@@H](CCCN=C(N)N)C(=O)Cl)cc2c1.N#N. The summed E-state index contributed by atoms with van der Waals surface area (Å²) < 4.78 is 32.8. The Morgan fingerprint density at radius 1 is 1.21 bits per heavy atom. The fourth-order valence-corrected chi connectivity index (χ4v) is 3.97. The zero-order valence-corrected chi connectivity index (χ0v) is 17.2. The van der Waals surface area contributed by atoms with Gasteiger partial charge in [-0.25, -0.2) is 8.42 Å². The Labute approximate surface area is 173 Å². The van der Waals surface area contributed by atoms with Gasteiger partial charge in [-0.2, -0.15) is 4.72 Å². The zero-order valence-electron chi connectivity index (χ0n) is 15.6. The number of nitrogens with two attached hydrogens (primary N) is 2. The van der Waals surface area contributed by atoms with E-state index >= 15 is 0 Å². The van der Waals surface area contributed by atoms with Gasteiger partial charge in [0.25, 0.3) is 0 Å². The summed E-state index contributed by atoms with van der Waals surface area (Å²) in [6, 6.07) is 8.92. The van der Waals surface area contributed by atoms with Crippen molar-refractivity contribution in [3.63, 3.8) is 0 Å². The number of methoxy groups -OCH3 is 1. The molecular formula is C17H21ClN6O4S. The van der Waals surface area contributed by atoms with Crippen LogP contribution >= 0.6 is 11.6 Å². The van der Waals surface area contributed by atoms with Crippen molar-refractivity contribution in [2.45, 2.75) is 23.8 Å². The molecule has 0 aromatic heterocycles. The Morgan fingerprint density at radius 2 is 1.86 bits per heavy atom. The van der Waals surface area contributed by atoms with E-state index in [4.69, 9.17) is 38.6 Å². The van der Waals surface area contributed by atoms with E-state index in [-0.39, 0.29) is 23.8 Å². The van der Waals surface area contributed by atoms with Crippen LogP contribution in [0.3, 0.4) is 0 Å². The Hall–Kier alpha value is -2.94. The van der Waals surface area contributed by atoms with Gasteiger partial charge >= 0.3 is 0 Å². The van der Waals surface area contributed by atoms with Crippen molar-refractivity contribution in [2.24, 2.45) is 16.5 Å². The Morgan fingerprint density at radius 3 is 2.45 bits per heavy atom. The van der Waals surface area contributed by atoms with Crippen LogP contribution in [0, 0.1) is 10.8 Å². The number of nitrogens with one attached hydrogen (secondary N) is 1. The second-order valence-electron chi connectivity index (χ2n) is 5.80. The summed E-state index contributed by atoms with van der Waals surface area (Å²) in [6.45, 7) is 0.264. The molecule has 1 atom stereocenters. The van der Waals surface area contributed by atoms with Crippen LogP contribution in [-0.4, -0.2) is 39.3 Å². The first kappa shape index (κ1) is 24.1. The number of hydrogen-bond donors (Lipinski definition) is 3. The van der Waals surface area contributed by atoms with Gasteiger partial charge < -0.3 is 16.2 Å². The highest BCUT2D eigenvalue weighted by Crippen LogP contribution is 2.24.